The molecule has 1 aliphatic heterocycles. The summed E-state index contributed by atoms with van der Waals surface area (Å²) in [4.78, 5) is 15.0. The molecular weight excluding hydrogens is 274 g/mol. The Hall–Kier alpha value is -1.10. The van der Waals surface area contributed by atoms with Crippen LogP contribution in [-0.4, -0.2) is 45.2 Å². The van der Waals surface area contributed by atoms with Gasteiger partial charge in [0.2, 0.25) is 0 Å². The van der Waals surface area contributed by atoms with E-state index < -0.39 is 0 Å². The van der Waals surface area contributed by atoms with Crippen molar-refractivity contribution in [2.45, 2.75) is 13.5 Å². The van der Waals surface area contributed by atoms with Crippen LogP contribution in [0.25, 0.3) is 0 Å². The molecule has 1 aromatic rings. The Bertz CT molecular complexity index is 444. The number of carbonyl (C=O) groups excluding carboxylic acids is 1. The van der Waals surface area contributed by atoms with E-state index >= 15 is 0 Å². The highest BCUT2D eigenvalue weighted by Gasteiger charge is 2.23. The van der Waals surface area contributed by atoms with Gasteiger partial charge in [-0.15, -0.1) is 0 Å². The second-order valence-corrected chi connectivity index (χ2v) is 5.87. The molecule has 0 radical (unpaired) electrons. The van der Waals surface area contributed by atoms with Crippen LogP contribution in [0, 0.1) is 0 Å². The molecule has 20 heavy (non-hydrogen) atoms. The fraction of sp³-hybridized carbons (Fsp3) is 0.533. The van der Waals surface area contributed by atoms with E-state index in [-0.39, 0.29) is 5.91 Å². The van der Waals surface area contributed by atoms with Gasteiger partial charge in [-0.05, 0) is 24.6 Å². The third-order valence-corrected chi connectivity index (χ3v) is 4.19. The summed E-state index contributed by atoms with van der Waals surface area (Å²) in [6.45, 7) is 9.07. The normalized spacial score (nSPS) is 22.5. The minimum absolute atomic E-state index is 0.125. The lowest BCUT2D eigenvalue weighted by Crippen LogP contribution is -3.28. The summed E-state index contributed by atoms with van der Waals surface area (Å²) in [5.41, 5.74) is 1.04. The van der Waals surface area contributed by atoms with Gasteiger partial charge in [-0.3, -0.25) is 4.79 Å². The summed E-state index contributed by atoms with van der Waals surface area (Å²) in [5, 5.41) is 3.68. The van der Waals surface area contributed by atoms with E-state index in [1.807, 2.05) is 24.3 Å². The van der Waals surface area contributed by atoms with Gasteiger partial charge in [0.25, 0.3) is 5.91 Å². The zero-order valence-electron chi connectivity index (χ0n) is 12.0. The van der Waals surface area contributed by atoms with Crippen molar-refractivity contribution in [2.75, 3.05) is 39.3 Å². The molecule has 0 bridgehead atoms. The van der Waals surface area contributed by atoms with Gasteiger partial charge >= 0.3 is 0 Å². The van der Waals surface area contributed by atoms with Crippen LogP contribution in [0.1, 0.15) is 12.5 Å². The molecule has 0 saturated carbocycles. The molecule has 1 aromatic carbocycles. The Balaban J connectivity index is 1.71. The number of halogens is 1. The van der Waals surface area contributed by atoms with Crippen molar-refractivity contribution < 1.29 is 14.6 Å². The summed E-state index contributed by atoms with van der Waals surface area (Å²) in [7, 11) is 0. The molecule has 0 aromatic heterocycles. The van der Waals surface area contributed by atoms with E-state index in [9.17, 15) is 4.79 Å². The summed E-state index contributed by atoms with van der Waals surface area (Å²) in [5.74, 6) is 0.125. The number of carbonyl (C=O) groups is 1. The largest absolute Gasteiger partial charge is 0.347 e. The number of hydrogen-bond acceptors (Lipinski definition) is 1. The van der Waals surface area contributed by atoms with Crippen LogP contribution < -0.4 is 15.1 Å². The van der Waals surface area contributed by atoms with Crippen molar-refractivity contribution in [3.8, 4) is 0 Å². The first kappa shape index (κ1) is 15.3. The molecule has 0 atom stereocenters. The Morgan fingerprint density at radius 2 is 1.95 bits per heavy atom. The SMILES string of the molecule is CC[NH+]1CC[NH+](CC(=O)NCc2cccc(Cl)c2)CC1. The van der Waals surface area contributed by atoms with E-state index in [1.165, 1.54) is 24.5 Å². The molecule has 2 rings (SSSR count). The van der Waals surface area contributed by atoms with Crippen LogP contribution in [0.15, 0.2) is 24.3 Å². The van der Waals surface area contributed by atoms with Crippen LogP contribution >= 0.6 is 11.6 Å². The van der Waals surface area contributed by atoms with E-state index in [1.54, 1.807) is 4.90 Å². The topological polar surface area (TPSA) is 38.0 Å². The number of amides is 1. The van der Waals surface area contributed by atoms with Gasteiger partial charge in [-0.2, -0.15) is 0 Å². The van der Waals surface area contributed by atoms with Gasteiger partial charge in [0, 0.05) is 11.6 Å². The van der Waals surface area contributed by atoms with Gasteiger partial charge in [-0.25, -0.2) is 0 Å². The van der Waals surface area contributed by atoms with E-state index in [0.29, 0.717) is 18.1 Å². The van der Waals surface area contributed by atoms with Crippen LogP contribution in [0.4, 0.5) is 0 Å². The summed E-state index contributed by atoms with van der Waals surface area (Å²) >= 11 is 5.92. The molecule has 110 valence electrons. The number of quaternary nitrogens is 2. The molecule has 1 amide bonds. The highest BCUT2D eigenvalue weighted by Crippen LogP contribution is 2.09. The molecule has 1 aliphatic rings. The molecule has 3 N–H and O–H groups in total. The lowest BCUT2D eigenvalue weighted by Gasteiger charge is -2.28. The molecule has 1 saturated heterocycles. The van der Waals surface area contributed by atoms with Crippen molar-refractivity contribution in [2.24, 2.45) is 0 Å². The van der Waals surface area contributed by atoms with E-state index in [4.69, 9.17) is 11.6 Å². The average Bonchev–Trinajstić information content (AvgIpc) is 2.46. The minimum Gasteiger partial charge on any atom is -0.347 e. The highest BCUT2D eigenvalue weighted by atomic mass is 35.5. The molecule has 0 spiro atoms. The van der Waals surface area contributed by atoms with E-state index in [2.05, 4.69) is 12.2 Å². The molecule has 5 heteroatoms. The Morgan fingerprint density at radius 1 is 1.25 bits per heavy atom. The van der Waals surface area contributed by atoms with Gasteiger partial charge in [0.1, 0.15) is 26.2 Å². The summed E-state index contributed by atoms with van der Waals surface area (Å²) in [6, 6.07) is 7.61. The fourth-order valence-electron chi connectivity index (χ4n) is 2.62. The molecule has 0 aliphatic carbocycles. The fourth-order valence-corrected chi connectivity index (χ4v) is 2.84. The number of nitrogens with one attached hydrogen (secondary N) is 3. The minimum atomic E-state index is 0.125. The van der Waals surface area contributed by atoms with Crippen LogP contribution in [0.2, 0.25) is 5.02 Å². The Kier molecular flexibility index (Phi) is 5.83. The number of hydrogen-bond donors (Lipinski definition) is 3. The third-order valence-electron chi connectivity index (χ3n) is 3.95. The summed E-state index contributed by atoms with van der Waals surface area (Å²) < 4.78 is 0. The molecule has 0 unspecified atom stereocenters. The lowest BCUT2D eigenvalue weighted by atomic mass is 10.2. The zero-order chi connectivity index (χ0) is 14.4. The monoisotopic (exact) mass is 297 g/mol. The number of rotatable bonds is 5. The average molecular weight is 298 g/mol. The first-order valence-electron chi connectivity index (χ1n) is 7.35. The number of likely N-dealkylation sites (N-methyl/N-ethyl adjacent to an activating group) is 1. The van der Waals surface area contributed by atoms with Crippen molar-refractivity contribution in [3.05, 3.63) is 34.9 Å². The maximum absolute atomic E-state index is 11.9. The van der Waals surface area contributed by atoms with Crippen molar-refractivity contribution in [3.63, 3.8) is 0 Å². The second-order valence-electron chi connectivity index (χ2n) is 5.44. The smallest absolute Gasteiger partial charge is 0.275 e. The summed E-state index contributed by atoms with van der Waals surface area (Å²) in [6.07, 6.45) is 0. The van der Waals surface area contributed by atoms with Gasteiger partial charge in [-0.1, -0.05) is 23.7 Å². The zero-order valence-corrected chi connectivity index (χ0v) is 12.8. The second kappa shape index (κ2) is 7.62. The van der Waals surface area contributed by atoms with E-state index in [0.717, 1.165) is 18.7 Å². The quantitative estimate of drug-likeness (QED) is 0.625. The van der Waals surface area contributed by atoms with Gasteiger partial charge < -0.3 is 15.1 Å². The Morgan fingerprint density at radius 3 is 2.60 bits per heavy atom. The van der Waals surface area contributed by atoms with Crippen LogP contribution in [0.5, 0.6) is 0 Å². The molecule has 4 nitrogen and oxygen atoms in total. The number of benzene rings is 1. The maximum atomic E-state index is 11.9. The van der Waals surface area contributed by atoms with Gasteiger partial charge in [0.15, 0.2) is 6.54 Å². The maximum Gasteiger partial charge on any atom is 0.275 e. The van der Waals surface area contributed by atoms with Gasteiger partial charge in [0.05, 0.1) is 6.54 Å². The standard InChI is InChI=1S/C15H22ClN3O/c1-2-18-6-8-19(9-7-18)12-15(20)17-11-13-4-3-5-14(16)10-13/h3-5,10H,2,6-9,11-12H2,1H3,(H,17,20)/p+2. The first-order valence-corrected chi connectivity index (χ1v) is 7.73. The molecule has 1 fully saturated rings. The Labute approximate surface area is 125 Å². The highest BCUT2D eigenvalue weighted by molar-refractivity contribution is 6.30. The molecular formula is C15H24ClN3O+2. The first-order chi connectivity index (χ1) is 9.67. The number of piperazine rings is 1. The predicted molar refractivity (Wildman–Crippen MR) is 80.1 cm³/mol. The molecule has 1 heterocycles. The predicted octanol–water partition coefficient (Wildman–Crippen LogP) is -1.24. The lowest BCUT2D eigenvalue weighted by molar-refractivity contribution is -1.01. The van der Waals surface area contributed by atoms with Crippen molar-refractivity contribution in [1.29, 1.82) is 0 Å². The van der Waals surface area contributed by atoms with Crippen molar-refractivity contribution >= 4 is 17.5 Å². The third kappa shape index (κ3) is 4.78. The van der Waals surface area contributed by atoms with Crippen LogP contribution in [-0.2, 0) is 11.3 Å². The van der Waals surface area contributed by atoms with Crippen LogP contribution in [0.3, 0.4) is 0 Å². The van der Waals surface area contributed by atoms with Crippen molar-refractivity contribution in [1.82, 2.24) is 5.32 Å².